The van der Waals surface area contributed by atoms with E-state index >= 15 is 0 Å². The van der Waals surface area contributed by atoms with Gasteiger partial charge in [-0.3, -0.25) is 9.69 Å². The Balaban J connectivity index is 1.83. The number of fused-ring (bicyclic) bond motifs is 3. The Morgan fingerprint density at radius 1 is 1.14 bits per heavy atom. The largest absolute Gasteiger partial charge is 0.343 e. The van der Waals surface area contributed by atoms with E-state index in [4.69, 9.17) is 0 Å². The summed E-state index contributed by atoms with van der Waals surface area (Å²) in [7, 11) is 0. The molecule has 1 fully saturated rings. The van der Waals surface area contributed by atoms with Crippen molar-refractivity contribution in [1.82, 2.24) is 9.47 Å². The van der Waals surface area contributed by atoms with Crippen LogP contribution in [0.15, 0.2) is 35.8 Å². The number of hydrogen-bond donors (Lipinski definition) is 0. The average molecular weight is 377 g/mol. The van der Waals surface area contributed by atoms with E-state index in [1.807, 2.05) is 19.2 Å². The van der Waals surface area contributed by atoms with E-state index < -0.39 is 0 Å². The molecule has 2 aliphatic rings. The van der Waals surface area contributed by atoms with Gasteiger partial charge in [-0.1, -0.05) is 26.5 Å². The quantitative estimate of drug-likeness (QED) is 0.715. The molecule has 3 nitrogen and oxygen atoms in total. The molecule has 0 bridgehead atoms. The van der Waals surface area contributed by atoms with Gasteiger partial charge in [-0.25, -0.2) is 0 Å². The van der Waals surface area contributed by atoms with Crippen molar-refractivity contribution in [3.05, 3.63) is 63.5 Å². The van der Waals surface area contributed by atoms with Crippen LogP contribution in [-0.4, -0.2) is 22.6 Å². The van der Waals surface area contributed by atoms with Gasteiger partial charge in [0.15, 0.2) is 5.43 Å². The van der Waals surface area contributed by atoms with Crippen molar-refractivity contribution in [3.8, 4) is 11.3 Å². The monoisotopic (exact) mass is 376 g/mol. The number of aromatic nitrogens is 1. The first-order valence-corrected chi connectivity index (χ1v) is 10.8. The summed E-state index contributed by atoms with van der Waals surface area (Å²) in [6, 6.07) is 7.03. The zero-order valence-electron chi connectivity index (χ0n) is 17.6. The number of allylic oxidation sites excluding steroid dienone is 1. The zero-order valence-corrected chi connectivity index (χ0v) is 17.6. The summed E-state index contributed by atoms with van der Waals surface area (Å²) in [6.45, 7) is 13.9. The highest BCUT2D eigenvalue weighted by atomic mass is 16.1. The van der Waals surface area contributed by atoms with Gasteiger partial charge in [0.1, 0.15) is 0 Å². The molecule has 1 aromatic heterocycles. The highest BCUT2D eigenvalue weighted by molar-refractivity contribution is 5.71. The fourth-order valence-corrected chi connectivity index (χ4v) is 4.89. The highest BCUT2D eigenvalue weighted by Gasteiger charge is 2.25. The van der Waals surface area contributed by atoms with E-state index in [9.17, 15) is 4.79 Å². The van der Waals surface area contributed by atoms with Gasteiger partial charge in [-0.15, -0.1) is 0 Å². The molecule has 0 spiro atoms. The third kappa shape index (κ3) is 3.37. The molecule has 0 aliphatic carbocycles. The molecule has 1 aromatic carbocycles. The second-order valence-electron chi connectivity index (χ2n) is 8.51. The lowest BCUT2D eigenvalue weighted by Gasteiger charge is -2.32. The standard InChI is InChI=1S/C25H32N2O/c1-5-18-13-22-19(11-20(18)15-26-9-7-8-10-26)12-21(6-2)27-16-23(17(3)4)25(28)14-24(22)27/h11,13-14,16,21H,3,5-10,12,15H2,1-2,4H3. The fourth-order valence-electron chi connectivity index (χ4n) is 4.89. The molecule has 1 atom stereocenters. The number of aryl methyl sites for hydroxylation is 1. The van der Waals surface area contributed by atoms with Crippen LogP contribution < -0.4 is 5.43 Å². The first-order valence-electron chi connectivity index (χ1n) is 10.8. The van der Waals surface area contributed by atoms with Crippen molar-refractivity contribution >= 4 is 5.57 Å². The minimum atomic E-state index is 0.0839. The normalized spacial score (nSPS) is 18.8. The van der Waals surface area contributed by atoms with Crippen molar-refractivity contribution < 1.29 is 0 Å². The van der Waals surface area contributed by atoms with Gasteiger partial charge in [0.05, 0.1) is 5.69 Å². The van der Waals surface area contributed by atoms with E-state index in [0.717, 1.165) is 42.6 Å². The van der Waals surface area contributed by atoms with Gasteiger partial charge in [0.25, 0.3) is 0 Å². The fraction of sp³-hybridized carbons (Fsp3) is 0.480. The second kappa shape index (κ2) is 7.71. The Morgan fingerprint density at radius 2 is 1.89 bits per heavy atom. The van der Waals surface area contributed by atoms with Crippen LogP contribution in [0.4, 0.5) is 0 Å². The molecule has 28 heavy (non-hydrogen) atoms. The smallest absolute Gasteiger partial charge is 0.189 e. The molecule has 0 amide bonds. The van der Waals surface area contributed by atoms with E-state index in [-0.39, 0.29) is 5.43 Å². The molecule has 1 unspecified atom stereocenters. The summed E-state index contributed by atoms with van der Waals surface area (Å²) in [4.78, 5) is 15.3. The van der Waals surface area contributed by atoms with E-state index in [1.54, 1.807) is 0 Å². The molecule has 0 radical (unpaired) electrons. The summed E-state index contributed by atoms with van der Waals surface area (Å²) in [5.41, 5.74) is 8.29. The SMILES string of the molecule is C=C(C)c1cn2c(cc1=O)-c1cc(CC)c(CN3CCCC3)cc1CC2CC. The van der Waals surface area contributed by atoms with Gasteiger partial charge >= 0.3 is 0 Å². The summed E-state index contributed by atoms with van der Waals surface area (Å²) in [5, 5.41) is 0. The van der Waals surface area contributed by atoms with Crippen LogP contribution in [0, 0.1) is 0 Å². The molecule has 148 valence electrons. The maximum Gasteiger partial charge on any atom is 0.189 e. The van der Waals surface area contributed by atoms with Crippen molar-refractivity contribution in [2.45, 2.75) is 65.5 Å². The number of likely N-dealkylation sites (tertiary alicyclic amines) is 1. The van der Waals surface area contributed by atoms with Crippen LogP contribution in [-0.2, 0) is 19.4 Å². The van der Waals surface area contributed by atoms with Crippen LogP contribution in [0.3, 0.4) is 0 Å². The molecular formula is C25H32N2O. The second-order valence-corrected chi connectivity index (χ2v) is 8.51. The van der Waals surface area contributed by atoms with Gasteiger partial charge < -0.3 is 4.57 Å². The number of pyridine rings is 1. The predicted octanol–water partition coefficient (Wildman–Crippen LogP) is 5.21. The molecule has 3 heterocycles. The lowest BCUT2D eigenvalue weighted by atomic mass is 9.87. The van der Waals surface area contributed by atoms with Crippen molar-refractivity contribution in [3.63, 3.8) is 0 Å². The van der Waals surface area contributed by atoms with Gasteiger partial charge in [-0.05, 0) is 80.4 Å². The average Bonchev–Trinajstić information content (AvgIpc) is 3.19. The summed E-state index contributed by atoms with van der Waals surface area (Å²) in [6.07, 6.45) is 7.82. The molecule has 2 aromatic rings. The first kappa shape index (κ1) is 19.2. The van der Waals surface area contributed by atoms with Crippen LogP contribution >= 0.6 is 0 Å². The molecule has 0 saturated carbocycles. The minimum absolute atomic E-state index is 0.0839. The lowest BCUT2D eigenvalue weighted by molar-refractivity contribution is 0.330. The Kier molecular flexibility index (Phi) is 5.29. The van der Waals surface area contributed by atoms with E-state index in [0.29, 0.717) is 6.04 Å². The molecule has 2 aliphatic heterocycles. The predicted molar refractivity (Wildman–Crippen MR) is 118 cm³/mol. The van der Waals surface area contributed by atoms with Crippen LogP contribution in [0.5, 0.6) is 0 Å². The zero-order chi connectivity index (χ0) is 19.8. The number of nitrogens with zero attached hydrogens (tertiary/aromatic N) is 2. The number of rotatable bonds is 5. The lowest BCUT2D eigenvalue weighted by Crippen LogP contribution is -2.24. The third-order valence-corrected chi connectivity index (χ3v) is 6.53. The minimum Gasteiger partial charge on any atom is -0.343 e. The van der Waals surface area contributed by atoms with Crippen LogP contribution in [0.25, 0.3) is 16.8 Å². The summed E-state index contributed by atoms with van der Waals surface area (Å²) >= 11 is 0. The van der Waals surface area contributed by atoms with E-state index in [2.05, 4.69) is 42.0 Å². The van der Waals surface area contributed by atoms with Crippen LogP contribution in [0.2, 0.25) is 0 Å². The molecule has 4 rings (SSSR count). The molecular weight excluding hydrogens is 344 g/mol. The molecule has 1 saturated heterocycles. The Bertz CT molecular complexity index is 963. The maximum absolute atomic E-state index is 12.7. The first-order chi connectivity index (χ1) is 13.5. The van der Waals surface area contributed by atoms with Gasteiger partial charge in [-0.2, -0.15) is 0 Å². The number of hydrogen-bond acceptors (Lipinski definition) is 2. The summed E-state index contributed by atoms with van der Waals surface area (Å²) in [5.74, 6) is 0. The topological polar surface area (TPSA) is 25.2 Å². The van der Waals surface area contributed by atoms with Crippen LogP contribution in [0.1, 0.15) is 68.3 Å². The Morgan fingerprint density at radius 3 is 2.54 bits per heavy atom. The van der Waals surface area contributed by atoms with Crippen molar-refractivity contribution in [2.75, 3.05) is 13.1 Å². The van der Waals surface area contributed by atoms with Crippen molar-refractivity contribution in [1.29, 1.82) is 0 Å². The van der Waals surface area contributed by atoms with E-state index in [1.165, 1.54) is 48.2 Å². The van der Waals surface area contributed by atoms with Gasteiger partial charge in [0.2, 0.25) is 0 Å². The highest BCUT2D eigenvalue weighted by Crippen LogP contribution is 2.38. The maximum atomic E-state index is 12.7. The Hall–Kier alpha value is -2.13. The Labute approximate surface area is 168 Å². The third-order valence-electron chi connectivity index (χ3n) is 6.53. The van der Waals surface area contributed by atoms with Gasteiger partial charge in [0, 0.05) is 36.0 Å². The molecule has 0 N–H and O–H groups in total. The summed E-state index contributed by atoms with van der Waals surface area (Å²) < 4.78 is 2.33. The molecule has 3 heteroatoms. The van der Waals surface area contributed by atoms with Crippen molar-refractivity contribution in [2.24, 2.45) is 0 Å². The number of benzene rings is 1.